The van der Waals surface area contributed by atoms with E-state index in [1.807, 2.05) is 25.2 Å². The quantitative estimate of drug-likeness (QED) is 0.357. The molecule has 0 aliphatic rings. The van der Waals surface area contributed by atoms with E-state index in [2.05, 4.69) is 17.3 Å². The van der Waals surface area contributed by atoms with Crippen molar-refractivity contribution in [3.05, 3.63) is 69.3 Å². The molecule has 0 aliphatic heterocycles. The number of fused-ring (bicyclic) bond motifs is 1. The second kappa shape index (κ2) is 9.77. The number of carbonyl (C=O) groups excluding carboxylic acids is 1. The van der Waals surface area contributed by atoms with Crippen molar-refractivity contribution < 1.29 is 9.53 Å². The normalized spacial score (nSPS) is 11.1. The summed E-state index contributed by atoms with van der Waals surface area (Å²) < 4.78 is 6.54. The third-order valence-corrected chi connectivity index (χ3v) is 6.09. The third kappa shape index (κ3) is 4.65. The number of aryl methyl sites for hydroxylation is 2. The number of hydrogen-bond donors (Lipinski definition) is 1. The first-order valence-electron chi connectivity index (χ1n) is 10.5. The van der Waals surface area contributed by atoms with Gasteiger partial charge in [-0.25, -0.2) is 19.4 Å². The van der Waals surface area contributed by atoms with Gasteiger partial charge in [0.1, 0.15) is 5.82 Å². The largest absolute Gasteiger partial charge is 0.465 e. The molecule has 0 spiro atoms. The van der Waals surface area contributed by atoms with Gasteiger partial charge in [-0.1, -0.05) is 48.3 Å². The summed E-state index contributed by atoms with van der Waals surface area (Å²) in [6, 6.07) is 12.5. The number of esters is 1. The molecule has 0 bridgehead atoms. The van der Waals surface area contributed by atoms with Crippen LogP contribution in [0.2, 0.25) is 10.0 Å². The lowest BCUT2D eigenvalue weighted by molar-refractivity contribution is 0.0600. The molecule has 0 saturated carbocycles. The van der Waals surface area contributed by atoms with Gasteiger partial charge >= 0.3 is 5.97 Å². The summed E-state index contributed by atoms with van der Waals surface area (Å²) in [5.74, 6) is 0.834. The minimum atomic E-state index is -0.391. The molecule has 0 saturated heterocycles. The van der Waals surface area contributed by atoms with E-state index in [0.29, 0.717) is 40.2 Å². The van der Waals surface area contributed by atoms with Gasteiger partial charge < -0.3 is 10.1 Å². The molecule has 4 aromatic rings. The Morgan fingerprint density at radius 2 is 1.79 bits per heavy atom. The molecule has 1 N–H and O–H groups in total. The molecular formula is C24H23Cl2N5O2. The highest BCUT2D eigenvalue weighted by molar-refractivity contribution is 6.36. The van der Waals surface area contributed by atoms with Crippen molar-refractivity contribution in [2.45, 2.75) is 19.8 Å². The molecule has 7 nitrogen and oxygen atoms in total. The van der Waals surface area contributed by atoms with Gasteiger partial charge in [-0.05, 0) is 42.7 Å². The highest BCUT2D eigenvalue weighted by Gasteiger charge is 2.18. The maximum Gasteiger partial charge on any atom is 0.337 e. The van der Waals surface area contributed by atoms with Gasteiger partial charge in [0.15, 0.2) is 11.5 Å². The standard InChI is InChI=1S/C24H23Cl2N5O2/c1-4-19-20-22(27-13-12-16-17(25)6-5-7-18(16)26)28-21(29-23(20)31(2)30-19)14-8-10-15(11-9-14)24(32)33-3/h5-11H,4,12-13H2,1-3H3,(H,27,28,29). The van der Waals surface area contributed by atoms with Crippen LogP contribution in [0.1, 0.15) is 28.5 Å². The predicted molar refractivity (Wildman–Crippen MR) is 131 cm³/mol. The monoisotopic (exact) mass is 483 g/mol. The number of hydrogen-bond acceptors (Lipinski definition) is 6. The number of benzene rings is 2. The van der Waals surface area contributed by atoms with E-state index in [4.69, 9.17) is 37.9 Å². The van der Waals surface area contributed by atoms with Crippen LogP contribution in [0, 0.1) is 0 Å². The molecule has 0 unspecified atom stereocenters. The van der Waals surface area contributed by atoms with Crippen molar-refractivity contribution in [2.24, 2.45) is 7.05 Å². The van der Waals surface area contributed by atoms with Crippen LogP contribution in [-0.4, -0.2) is 39.4 Å². The minimum Gasteiger partial charge on any atom is -0.465 e. The van der Waals surface area contributed by atoms with Crippen molar-refractivity contribution in [1.29, 1.82) is 0 Å². The van der Waals surface area contributed by atoms with Crippen molar-refractivity contribution in [3.63, 3.8) is 0 Å². The smallest absolute Gasteiger partial charge is 0.337 e. The first kappa shape index (κ1) is 23.0. The Balaban J connectivity index is 1.70. The van der Waals surface area contributed by atoms with Crippen LogP contribution >= 0.6 is 23.2 Å². The summed E-state index contributed by atoms with van der Waals surface area (Å²) in [4.78, 5) is 21.3. The fourth-order valence-electron chi connectivity index (χ4n) is 3.68. The first-order valence-corrected chi connectivity index (χ1v) is 11.3. The molecule has 9 heteroatoms. The van der Waals surface area contributed by atoms with Crippen LogP contribution in [0.15, 0.2) is 42.5 Å². The van der Waals surface area contributed by atoms with Crippen molar-refractivity contribution in [3.8, 4) is 11.4 Å². The molecule has 33 heavy (non-hydrogen) atoms. The average molecular weight is 484 g/mol. The fourth-order valence-corrected chi connectivity index (χ4v) is 4.27. The Bertz CT molecular complexity index is 1300. The van der Waals surface area contributed by atoms with Crippen molar-refractivity contribution >= 4 is 46.0 Å². The maximum atomic E-state index is 11.8. The zero-order valence-electron chi connectivity index (χ0n) is 18.5. The number of anilines is 1. The van der Waals surface area contributed by atoms with E-state index in [1.54, 1.807) is 28.9 Å². The van der Waals surface area contributed by atoms with Gasteiger partial charge in [-0.2, -0.15) is 5.10 Å². The Morgan fingerprint density at radius 1 is 1.09 bits per heavy atom. The molecule has 0 radical (unpaired) electrons. The topological polar surface area (TPSA) is 81.9 Å². The molecule has 0 fully saturated rings. The summed E-state index contributed by atoms with van der Waals surface area (Å²) in [5, 5.41) is 10.2. The number of carbonyl (C=O) groups is 1. The lowest BCUT2D eigenvalue weighted by atomic mass is 10.1. The molecule has 0 atom stereocenters. The third-order valence-electron chi connectivity index (χ3n) is 5.38. The van der Waals surface area contributed by atoms with E-state index in [0.717, 1.165) is 34.3 Å². The number of ether oxygens (including phenoxy) is 1. The van der Waals surface area contributed by atoms with Crippen LogP contribution < -0.4 is 5.32 Å². The van der Waals surface area contributed by atoms with Crippen molar-refractivity contribution in [2.75, 3.05) is 19.0 Å². The van der Waals surface area contributed by atoms with Gasteiger partial charge in [0.05, 0.1) is 23.8 Å². The number of halogens is 2. The van der Waals surface area contributed by atoms with Gasteiger partial charge in [-0.15, -0.1) is 0 Å². The molecule has 2 aromatic carbocycles. The lowest BCUT2D eigenvalue weighted by Gasteiger charge is -2.12. The van der Waals surface area contributed by atoms with E-state index >= 15 is 0 Å². The number of nitrogens with zero attached hydrogens (tertiary/aromatic N) is 4. The lowest BCUT2D eigenvalue weighted by Crippen LogP contribution is -2.09. The van der Waals surface area contributed by atoms with E-state index in [-0.39, 0.29) is 0 Å². The highest BCUT2D eigenvalue weighted by Crippen LogP contribution is 2.29. The maximum absolute atomic E-state index is 11.8. The summed E-state index contributed by atoms with van der Waals surface area (Å²) in [5.41, 5.74) is 3.77. The van der Waals surface area contributed by atoms with Gasteiger partial charge in [-0.3, -0.25) is 0 Å². The zero-order valence-corrected chi connectivity index (χ0v) is 20.0. The second-order valence-electron chi connectivity index (χ2n) is 7.46. The predicted octanol–water partition coefficient (Wildman–Crippen LogP) is 5.34. The summed E-state index contributed by atoms with van der Waals surface area (Å²) in [6.45, 7) is 2.63. The van der Waals surface area contributed by atoms with Gasteiger partial charge in [0.25, 0.3) is 0 Å². The van der Waals surface area contributed by atoms with Crippen LogP contribution in [0.25, 0.3) is 22.4 Å². The second-order valence-corrected chi connectivity index (χ2v) is 8.28. The first-order chi connectivity index (χ1) is 15.9. The average Bonchev–Trinajstić information content (AvgIpc) is 3.16. The zero-order chi connectivity index (χ0) is 23.5. The molecule has 0 amide bonds. The molecule has 2 heterocycles. The number of rotatable bonds is 7. The van der Waals surface area contributed by atoms with Crippen LogP contribution in [0.4, 0.5) is 5.82 Å². The van der Waals surface area contributed by atoms with Crippen LogP contribution in [0.3, 0.4) is 0 Å². The molecule has 4 rings (SSSR count). The minimum absolute atomic E-state index is 0.391. The van der Waals surface area contributed by atoms with Gasteiger partial charge in [0.2, 0.25) is 0 Å². The van der Waals surface area contributed by atoms with E-state index < -0.39 is 5.97 Å². The molecule has 170 valence electrons. The number of aromatic nitrogens is 4. The molecule has 0 aliphatic carbocycles. The van der Waals surface area contributed by atoms with E-state index in [1.165, 1.54) is 7.11 Å². The number of nitrogens with one attached hydrogen (secondary N) is 1. The summed E-state index contributed by atoms with van der Waals surface area (Å²) in [6.07, 6.45) is 1.38. The Morgan fingerprint density at radius 3 is 2.42 bits per heavy atom. The Kier molecular flexibility index (Phi) is 6.81. The SMILES string of the molecule is CCc1nn(C)c2nc(-c3ccc(C(=O)OC)cc3)nc(NCCc3c(Cl)cccc3Cl)c12. The summed E-state index contributed by atoms with van der Waals surface area (Å²) >= 11 is 12.6. The van der Waals surface area contributed by atoms with Crippen LogP contribution in [0.5, 0.6) is 0 Å². The Hall–Kier alpha value is -3.16. The fraction of sp³-hybridized carbons (Fsp3) is 0.250. The Labute approximate surface area is 201 Å². The molecule has 2 aromatic heterocycles. The molecular weight excluding hydrogens is 461 g/mol. The highest BCUT2D eigenvalue weighted by atomic mass is 35.5. The van der Waals surface area contributed by atoms with E-state index in [9.17, 15) is 4.79 Å². The van der Waals surface area contributed by atoms with Gasteiger partial charge in [0, 0.05) is 29.2 Å². The number of methoxy groups -OCH3 is 1. The van der Waals surface area contributed by atoms with Crippen LogP contribution in [-0.2, 0) is 24.6 Å². The summed E-state index contributed by atoms with van der Waals surface area (Å²) in [7, 11) is 3.22. The van der Waals surface area contributed by atoms with Crippen molar-refractivity contribution in [1.82, 2.24) is 19.7 Å².